The number of fused-ring (bicyclic) bond motifs is 1. The van der Waals surface area contributed by atoms with Crippen molar-refractivity contribution in [2.24, 2.45) is 7.05 Å². The minimum Gasteiger partial charge on any atom is -0.402 e. The maximum Gasteiger partial charge on any atom is 0.321 e. The van der Waals surface area contributed by atoms with Crippen LogP contribution in [-0.2, 0) is 11.8 Å². The number of imidazole rings is 1. The predicted molar refractivity (Wildman–Crippen MR) is 158 cm³/mol. The average Bonchev–Trinajstić information content (AvgIpc) is 3.03. The van der Waals surface area contributed by atoms with Crippen LogP contribution >= 0.6 is 0 Å². The number of urea groups is 1. The number of carbonyl (C=O) groups is 1. The zero-order chi connectivity index (χ0) is 25.3. The normalized spacial score (nSPS) is 20.1. The third kappa shape index (κ3) is 3.70. The summed E-state index contributed by atoms with van der Waals surface area (Å²) < 4.78 is 8.52. The van der Waals surface area contributed by atoms with Crippen LogP contribution in [0.3, 0.4) is 0 Å². The summed E-state index contributed by atoms with van der Waals surface area (Å²) in [5.41, 5.74) is 2.70. The van der Waals surface area contributed by atoms with Crippen LogP contribution in [0.15, 0.2) is 30.7 Å². The first-order valence-corrected chi connectivity index (χ1v) is 11.6. The minimum absolute atomic E-state index is 0.210. The lowest BCUT2D eigenvalue weighted by atomic mass is 9.30. The number of aromatic nitrogens is 4. The Morgan fingerprint density at radius 3 is 2.09 bits per heavy atom. The van der Waals surface area contributed by atoms with E-state index in [-0.39, 0.29) is 6.03 Å². The van der Waals surface area contributed by atoms with Crippen molar-refractivity contribution in [2.75, 3.05) is 5.32 Å². The topological polar surface area (TPSA) is 85.2 Å². The van der Waals surface area contributed by atoms with Crippen LogP contribution in [0.4, 0.5) is 10.6 Å². The molecule has 16 heteroatoms. The summed E-state index contributed by atoms with van der Waals surface area (Å²) >= 11 is 0. The highest BCUT2D eigenvalue weighted by molar-refractivity contribution is 6.60. The van der Waals surface area contributed by atoms with Gasteiger partial charge in [0.25, 0.3) is 0 Å². The Bertz CT molecular complexity index is 1270. The van der Waals surface area contributed by atoms with Crippen LogP contribution in [0.2, 0.25) is 0 Å². The number of amides is 2. The SMILES string of the molecule is BC1(B)OC(B)(B)C(B)(B)N(C(=O)Nc2cc3cc(-c4cnc(C)n4C)cnc3cn2)C1(B)B. The van der Waals surface area contributed by atoms with Gasteiger partial charge in [-0.2, -0.15) is 0 Å². The number of pyridine rings is 2. The first kappa shape index (κ1) is 24.6. The number of morpholine rings is 1. The Kier molecular flexibility index (Phi) is 5.63. The molecule has 1 aliphatic rings. The molecule has 0 spiro atoms. The fraction of sp³-hybridized carbons (Fsp3) is 0.333. The van der Waals surface area contributed by atoms with Gasteiger partial charge in [0.05, 0.1) is 23.6 Å². The monoisotopic (exact) mass is 448 g/mol. The van der Waals surface area contributed by atoms with E-state index in [0.717, 1.165) is 28.0 Å². The Balaban J connectivity index is 1.70. The average molecular weight is 447 g/mol. The highest BCUT2D eigenvalue weighted by Gasteiger charge is 2.60. The van der Waals surface area contributed by atoms with E-state index in [1.165, 1.54) is 0 Å². The quantitative estimate of drug-likeness (QED) is 0.396. The van der Waals surface area contributed by atoms with Crippen molar-refractivity contribution in [1.82, 2.24) is 24.4 Å². The van der Waals surface area contributed by atoms with Gasteiger partial charge in [0, 0.05) is 35.0 Å². The third-order valence-electron chi connectivity index (χ3n) is 8.10. The van der Waals surface area contributed by atoms with Crippen LogP contribution in [0.1, 0.15) is 5.82 Å². The molecule has 0 saturated carbocycles. The number of aryl methyl sites for hydroxylation is 1. The summed E-state index contributed by atoms with van der Waals surface area (Å²) in [5.74, 6) is 1.41. The van der Waals surface area contributed by atoms with Gasteiger partial charge in [-0.1, -0.05) is 0 Å². The van der Waals surface area contributed by atoms with Gasteiger partial charge in [0.15, 0.2) is 0 Å². The van der Waals surface area contributed by atoms with Crippen molar-refractivity contribution < 1.29 is 9.53 Å². The van der Waals surface area contributed by atoms with Crippen molar-refractivity contribution in [1.29, 1.82) is 0 Å². The largest absolute Gasteiger partial charge is 0.402 e. The predicted octanol–water partition coefficient (Wildman–Crippen LogP) is -6.12. The summed E-state index contributed by atoms with van der Waals surface area (Å²) in [6.07, 6.45) is 5.35. The number of anilines is 1. The second-order valence-electron chi connectivity index (χ2n) is 11.2. The fourth-order valence-electron chi connectivity index (χ4n) is 4.81. The molecule has 2 amide bonds. The van der Waals surface area contributed by atoms with Gasteiger partial charge in [-0.15, -0.1) is 0 Å². The molecule has 3 aromatic rings. The molecule has 1 N–H and O–H groups in total. The fourth-order valence-corrected chi connectivity index (χ4v) is 4.81. The zero-order valence-electron chi connectivity index (χ0n) is 21.9. The molecule has 3 aromatic heterocycles. The van der Waals surface area contributed by atoms with Crippen LogP contribution in [0.5, 0.6) is 0 Å². The van der Waals surface area contributed by atoms with Gasteiger partial charge < -0.3 is 14.2 Å². The lowest BCUT2D eigenvalue weighted by molar-refractivity contribution is -0.0913. The molecule has 1 saturated heterocycles. The minimum atomic E-state index is -0.570. The van der Waals surface area contributed by atoms with Crippen molar-refractivity contribution >= 4 is 85.5 Å². The van der Waals surface area contributed by atoms with Gasteiger partial charge in [-0.25, -0.2) is 14.8 Å². The van der Waals surface area contributed by atoms with Gasteiger partial charge in [0.2, 0.25) is 0 Å². The van der Waals surface area contributed by atoms with Crippen LogP contribution in [0, 0.1) is 6.92 Å². The smallest absolute Gasteiger partial charge is 0.321 e. The van der Waals surface area contributed by atoms with Crippen molar-refractivity contribution in [3.8, 4) is 11.3 Å². The summed E-state index contributed by atoms with van der Waals surface area (Å²) in [6.45, 7) is 1.97. The van der Waals surface area contributed by atoms with Crippen molar-refractivity contribution in [3.05, 3.63) is 36.5 Å². The van der Waals surface area contributed by atoms with Gasteiger partial charge >= 0.3 is 6.03 Å². The van der Waals surface area contributed by atoms with E-state index in [1.54, 1.807) is 6.20 Å². The number of nitrogens with one attached hydrogen (secondary N) is 1. The number of ether oxygens (including phenoxy) is 1. The standard InChI is InChI=1S/C18H28B8N6O2/c1-8-27-7-12(31(8)2)10-3-9-4-13(29-6-11(9)28-5-10)30-14(33)32-15(19,20)17(23,24)34-18(25,26)16(32,21)22/h3-7H,19-26H2,1-2H3,(H,29,30,33). The first-order chi connectivity index (χ1) is 15.6. The second-order valence-corrected chi connectivity index (χ2v) is 11.2. The number of nitrogens with zero attached hydrogens (tertiary/aromatic N) is 5. The number of carbonyl (C=O) groups excluding carboxylic acids is 1. The van der Waals surface area contributed by atoms with E-state index < -0.39 is 21.5 Å². The molecule has 4 rings (SSSR count). The Labute approximate surface area is 208 Å². The molecule has 1 fully saturated rings. The summed E-state index contributed by atoms with van der Waals surface area (Å²) in [6, 6.07) is 3.70. The Morgan fingerprint density at radius 1 is 0.912 bits per heavy atom. The molecule has 166 valence electrons. The molecular formula is C18H28B8N6O2. The second kappa shape index (κ2) is 7.77. The zero-order valence-corrected chi connectivity index (χ0v) is 21.9. The van der Waals surface area contributed by atoms with Gasteiger partial charge in [0.1, 0.15) is 74.4 Å². The van der Waals surface area contributed by atoms with E-state index in [0.29, 0.717) is 5.82 Å². The highest BCUT2D eigenvalue weighted by Crippen LogP contribution is 2.40. The summed E-state index contributed by atoms with van der Waals surface area (Å²) in [7, 11) is 18.3. The maximum atomic E-state index is 13.7. The molecule has 0 aromatic carbocycles. The van der Waals surface area contributed by atoms with Crippen LogP contribution < -0.4 is 5.32 Å². The molecule has 0 unspecified atom stereocenters. The number of rotatable bonds is 2. The molecular weight excluding hydrogens is 419 g/mol. The molecule has 34 heavy (non-hydrogen) atoms. The molecule has 8 nitrogen and oxygen atoms in total. The van der Waals surface area contributed by atoms with Crippen molar-refractivity contribution in [3.63, 3.8) is 0 Å². The van der Waals surface area contributed by atoms with Gasteiger partial charge in [-0.05, 0) is 29.7 Å². The third-order valence-corrected chi connectivity index (χ3v) is 8.10. The Hall–Kier alpha value is -2.48. The molecule has 1 aliphatic heterocycles. The van der Waals surface area contributed by atoms with E-state index in [4.69, 9.17) is 4.74 Å². The van der Waals surface area contributed by atoms with E-state index >= 15 is 0 Å². The summed E-state index contributed by atoms with van der Waals surface area (Å²) in [4.78, 5) is 29.0. The highest BCUT2D eigenvalue weighted by atomic mass is 16.5. The van der Waals surface area contributed by atoms with Crippen LogP contribution in [0.25, 0.3) is 22.2 Å². The van der Waals surface area contributed by atoms with E-state index in [9.17, 15) is 4.79 Å². The lowest BCUT2D eigenvalue weighted by Gasteiger charge is -2.68. The van der Waals surface area contributed by atoms with E-state index in [2.05, 4.69) is 20.3 Å². The van der Waals surface area contributed by atoms with Crippen molar-refractivity contribution in [2.45, 2.75) is 28.4 Å². The molecule has 0 atom stereocenters. The molecule has 0 aliphatic carbocycles. The number of hydrogen-bond acceptors (Lipinski definition) is 5. The molecule has 4 heterocycles. The number of hydrogen-bond donors (Lipinski definition) is 1. The van der Waals surface area contributed by atoms with E-state index in [1.807, 2.05) is 111 Å². The first-order valence-electron chi connectivity index (χ1n) is 11.6. The maximum absolute atomic E-state index is 13.7. The lowest BCUT2D eigenvalue weighted by Crippen LogP contribution is -2.87. The van der Waals surface area contributed by atoms with Crippen LogP contribution in [-0.4, -0.2) is 115 Å². The molecule has 0 radical (unpaired) electrons. The van der Waals surface area contributed by atoms with Gasteiger partial charge in [-0.3, -0.25) is 10.3 Å². The molecule has 0 bridgehead atoms. The summed E-state index contributed by atoms with van der Waals surface area (Å²) in [5, 5.41) is 1.68. The Morgan fingerprint density at radius 2 is 1.53 bits per heavy atom.